The van der Waals surface area contributed by atoms with E-state index in [9.17, 15) is 4.39 Å². The maximum absolute atomic E-state index is 13.7. The van der Waals surface area contributed by atoms with Crippen LogP contribution in [0.1, 0.15) is 5.56 Å². The largest absolute Gasteiger partial charge is 0.384 e. The van der Waals surface area contributed by atoms with Crippen LogP contribution in [0.4, 0.5) is 16.0 Å². The van der Waals surface area contributed by atoms with Gasteiger partial charge in [-0.2, -0.15) is 0 Å². The number of hydrogen-bond donors (Lipinski definition) is 1. The number of nitrogens with two attached hydrogens (primary N) is 1. The van der Waals surface area contributed by atoms with Gasteiger partial charge in [0.25, 0.3) is 0 Å². The van der Waals surface area contributed by atoms with Crippen molar-refractivity contribution in [2.24, 2.45) is 0 Å². The zero-order valence-corrected chi connectivity index (χ0v) is 11.5. The Morgan fingerprint density at radius 1 is 1.14 bits per heavy atom. The first-order valence-corrected chi connectivity index (χ1v) is 6.47. The van der Waals surface area contributed by atoms with Crippen molar-refractivity contribution in [1.82, 2.24) is 15.0 Å². The van der Waals surface area contributed by atoms with Crippen molar-refractivity contribution in [3.63, 3.8) is 0 Å². The highest BCUT2D eigenvalue weighted by molar-refractivity contribution is 5.87. The van der Waals surface area contributed by atoms with Crippen LogP contribution in [0.25, 0.3) is 11.0 Å². The van der Waals surface area contributed by atoms with Gasteiger partial charge in [-0.1, -0.05) is 18.2 Å². The van der Waals surface area contributed by atoms with Crippen molar-refractivity contribution in [1.29, 1.82) is 0 Å². The number of aromatic nitrogens is 3. The zero-order chi connectivity index (χ0) is 14.8. The fourth-order valence-electron chi connectivity index (χ4n) is 2.20. The van der Waals surface area contributed by atoms with Crippen molar-refractivity contribution in [3.8, 4) is 0 Å². The summed E-state index contributed by atoms with van der Waals surface area (Å²) in [6.45, 7) is 0.406. The maximum Gasteiger partial charge on any atom is 0.166 e. The van der Waals surface area contributed by atoms with Gasteiger partial charge in [0.05, 0.1) is 5.39 Å². The molecule has 3 rings (SSSR count). The van der Waals surface area contributed by atoms with Crippen LogP contribution < -0.4 is 10.6 Å². The molecule has 0 fully saturated rings. The van der Waals surface area contributed by atoms with Crippen molar-refractivity contribution in [3.05, 3.63) is 54.1 Å². The highest BCUT2D eigenvalue weighted by Gasteiger charge is 2.11. The molecule has 21 heavy (non-hydrogen) atoms. The zero-order valence-electron chi connectivity index (χ0n) is 11.5. The second kappa shape index (κ2) is 5.32. The van der Waals surface area contributed by atoms with Crippen LogP contribution in [0.15, 0.2) is 42.7 Å². The molecule has 0 amide bonds. The number of rotatable bonds is 3. The van der Waals surface area contributed by atoms with E-state index in [1.807, 2.05) is 24.1 Å². The van der Waals surface area contributed by atoms with Crippen LogP contribution in [0.3, 0.4) is 0 Å². The molecule has 106 valence electrons. The molecule has 0 saturated heterocycles. The Bertz CT molecular complexity index is 790. The number of fused-ring (bicyclic) bond motifs is 1. The number of pyridine rings is 1. The van der Waals surface area contributed by atoms with Gasteiger partial charge in [-0.05, 0) is 18.2 Å². The second-order valence-electron chi connectivity index (χ2n) is 4.75. The summed E-state index contributed by atoms with van der Waals surface area (Å²) < 4.78 is 13.7. The molecular formula is C15H14FN5. The minimum atomic E-state index is -0.231. The van der Waals surface area contributed by atoms with E-state index in [1.54, 1.807) is 18.2 Å². The first-order valence-electron chi connectivity index (χ1n) is 6.47. The van der Waals surface area contributed by atoms with E-state index in [0.717, 1.165) is 5.39 Å². The lowest BCUT2D eigenvalue weighted by Crippen LogP contribution is -2.19. The van der Waals surface area contributed by atoms with Crippen LogP contribution in [0.5, 0.6) is 0 Å². The molecule has 2 heterocycles. The Morgan fingerprint density at radius 3 is 2.76 bits per heavy atom. The third kappa shape index (κ3) is 2.60. The molecule has 0 spiro atoms. The topological polar surface area (TPSA) is 67.9 Å². The summed E-state index contributed by atoms with van der Waals surface area (Å²) in [5.41, 5.74) is 6.79. The highest BCUT2D eigenvalue weighted by Crippen LogP contribution is 2.23. The summed E-state index contributed by atoms with van der Waals surface area (Å²) >= 11 is 0. The molecule has 0 aliphatic rings. The van der Waals surface area contributed by atoms with Crippen LogP contribution in [-0.4, -0.2) is 22.0 Å². The van der Waals surface area contributed by atoms with Gasteiger partial charge in [0.2, 0.25) is 0 Å². The van der Waals surface area contributed by atoms with Crippen molar-refractivity contribution < 1.29 is 4.39 Å². The summed E-state index contributed by atoms with van der Waals surface area (Å²) in [4.78, 5) is 14.4. The number of anilines is 2. The van der Waals surface area contributed by atoms with Gasteiger partial charge in [-0.3, -0.25) is 0 Å². The lowest BCUT2D eigenvalue weighted by atomic mass is 10.2. The molecule has 6 heteroatoms. The highest BCUT2D eigenvalue weighted by atomic mass is 19.1. The molecule has 0 aliphatic heterocycles. The summed E-state index contributed by atoms with van der Waals surface area (Å²) in [6, 6.07) is 10.2. The molecule has 0 atom stereocenters. The number of nitrogen functional groups attached to an aromatic ring is 1. The molecule has 3 aromatic rings. The fourth-order valence-corrected chi connectivity index (χ4v) is 2.20. The first kappa shape index (κ1) is 13.2. The number of halogens is 1. The molecule has 2 N–H and O–H groups in total. The SMILES string of the molecule is CN(Cc1ccccc1F)c1ncnc2nc(N)ccc12. The molecule has 1 aromatic carbocycles. The summed E-state index contributed by atoms with van der Waals surface area (Å²) in [5.74, 6) is 0.866. The molecule has 0 radical (unpaired) electrons. The predicted molar refractivity (Wildman–Crippen MR) is 80.3 cm³/mol. The maximum atomic E-state index is 13.7. The number of hydrogen-bond acceptors (Lipinski definition) is 5. The van der Waals surface area contributed by atoms with Gasteiger partial charge in [0.1, 0.15) is 23.8 Å². The fraction of sp³-hybridized carbons (Fsp3) is 0.133. The lowest BCUT2D eigenvalue weighted by molar-refractivity contribution is 0.607. The normalized spacial score (nSPS) is 10.8. The van der Waals surface area contributed by atoms with Gasteiger partial charge >= 0.3 is 0 Å². The molecule has 0 unspecified atom stereocenters. The Labute approximate surface area is 121 Å². The molecule has 2 aromatic heterocycles. The molecule has 5 nitrogen and oxygen atoms in total. The molecule has 0 aliphatic carbocycles. The van der Waals surface area contributed by atoms with Crippen LogP contribution >= 0.6 is 0 Å². The first-order chi connectivity index (χ1) is 10.1. The van der Waals surface area contributed by atoms with Crippen LogP contribution in [0, 0.1) is 5.82 Å². The third-order valence-electron chi connectivity index (χ3n) is 3.22. The predicted octanol–water partition coefficient (Wildman–Crippen LogP) is 2.38. The van der Waals surface area contributed by atoms with Crippen molar-refractivity contribution >= 4 is 22.7 Å². The second-order valence-corrected chi connectivity index (χ2v) is 4.75. The standard InChI is InChI=1S/C15H14FN5/c1-21(8-10-4-2-3-5-12(10)16)15-11-6-7-13(17)20-14(11)18-9-19-15/h2-7,9H,8H2,1H3,(H2,17,18,19,20). The number of nitrogens with zero attached hydrogens (tertiary/aromatic N) is 4. The Morgan fingerprint density at radius 2 is 1.95 bits per heavy atom. The quantitative estimate of drug-likeness (QED) is 0.799. The van der Waals surface area contributed by atoms with Gasteiger partial charge in [0, 0.05) is 19.2 Å². The van der Waals surface area contributed by atoms with Crippen LogP contribution in [-0.2, 0) is 6.54 Å². The van der Waals surface area contributed by atoms with E-state index < -0.39 is 0 Å². The third-order valence-corrected chi connectivity index (χ3v) is 3.22. The van der Waals surface area contributed by atoms with E-state index >= 15 is 0 Å². The molecule has 0 bridgehead atoms. The minimum absolute atomic E-state index is 0.231. The van der Waals surface area contributed by atoms with E-state index in [1.165, 1.54) is 12.4 Å². The van der Waals surface area contributed by atoms with E-state index in [4.69, 9.17) is 5.73 Å². The Hall–Kier alpha value is -2.76. The van der Waals surface area contributed by atoms with Gasteiger partial charge in [0.15, 0.2) is 5.65 Å². The van der Waals surface area contributed by atoms with Gasteiger partial charge in [-0.15, -0.1) is 0 Å². The van der Waals surface area contributed by atoms with Gasteiger partial charge in [-0.25, -0.2) is 19.3 Å². The Balaban J connectivity index is 1.98. The van der Waals surface area contributed by atoms with E-state index in [-0.39, 0.29) is 5.82 Å². The molecule has 0 saturated carbocycles. The van der Waals surface area contributed by atoms with Crippen molar-refractivity contribution in [2.75, 3.05) is 17.7 Å². The number of benzene rings is 1. The Kier molecular flexibility index (Phi) is 3.35. The van der Waals surface area contributed by atoms with Gasteiger partial charge < -0.3 is 10.6 Å². The van der Waals surface area contributed by atoms with E-state index in [2.05, 4.69) is 15.0 Å². The average molecular weight is 283 g/mol. The monoisotopic (exact) mass is 283 g/mol. The summed E-state index contributed by atoms with van der Waals surface area (Å²) in [6.07, 6.45) is 1.43. The molecular weight excluding hydrogens is 269 g/mol. The smallest absolute Gasteiger partial charge is 0.166 e. The minimum Gasteiger partial charge on any atom is -0.384 e. The van der Waals surface area contributed by atoms with Crippen LogP contribution in [0.2, 0.25) is 0 Å². The summed E-state index contributed by atoms with van der Waals surface area (Å²) in [7, 11) is 1.85. The summed E-state index contributed by atoms with van der Waals surface area (Å²) in [5, 5.41) is 0.783. The average Bonchev–Trinajstić information content (AvgIpc) is 2.48. The van der Waals surface area contributed by atoms with Crippen molar-refractivity contribution in [2.45, 2.75) is 6.54 Å². The lowest BCUT2D eigenvalue weighted by Gasteiger charge is -2.19. The van der Waals surface area contributed by atoms with E-state index in [0.29, 0.717) is 29.4 Å².